The first-order valence-corrected chi connectivity index (χ1v) is 6.41. The summed E-state index contributed by atoms with van der Waals surface area (Å²) in [6.45, 7) is 7.80. The van der Waals surface area contributed by atoms with Gasteiger partial charge >= 0.3 is 0 Å². The Morgan fingerprint density at radius 3 is 2.60 bits per heavy atom. The van der Waals surface area contributed by atoms with E-state index in [9.17, 15) is 0 Å². The van der Waals surface area contributed by atoms with Gasteiger partial charge in [-0.1, -0.05) is 0 Å². The Balaban J connectivity index is 2.05. The molecule has 0 amide bonds. The summed E-state index contributed by atoms with van der Waals surface area (Å²) in [5.74, 6) is 0. The fraction of sp³-hybridized carbons (Fsp3) is 0.727. The maximum atomic E-state index is 4.53. The van der Waals surface area contributed by atoms with Crippen molar-refractivity contribution in [2.75, 3.05) is 13.1 Å². The second-order valence-electron chi connectivity index (χ2n) is 4.49. The van der Waals surface area contributed by atoms with Crippen molar-refractivity contribution < 1.29 is 0 Å². The van der Waals surface area contributed by atoms with Crippen LogP contribution in [0.15, 0.2) is 10.9 Å². The van der Waals surface area contributed by atoms with Gasteiger partial charge < -0.3 is 4.57 Å². The number of nitrogens with zero attached hydrogens (tertiary/aromatic N) is 3. The molecule has 1 aliphatic rings. The van der Waals surface area contributed by atoms with Crippen LogP contribution >= 0.6 is 15.9 Å². The number of likely N-dealkylation sites (tertiary alicyclic amines) is 1. The predicted molar refractivity (Wildman–Crippen MR) is 64.8 cm³/mol. The van der Waals surface area contributed by atoms with Crippen LogP contribution in [0.2, 0.25) is 0 Å². The molecule has 84 valence electrons. The van der Waals surface area contributed by atoms with Crippen molar-refractivity contribution in [2.24, 2.45) is 0 Å². The van der Waals surface area contributed by atoms with Crippen LogP contribution in [0.4, 0.5) is 0 Å². The number of halogens is 1. The summed E-state index contributed by atoms with van der Waals surface area (Å²) in [4.78, 5) is 7.00. The van der Waals surface area contributed by atoms with Gasteiger partial charge in [0.2, 0.25) is 0 Å². The van der Waals surface area contributed by atoms with Crippen LogP contribution in [0.5, 0.6) is 0 Å². The van der Waals surface area contributed by atoms with Crippen molar-refractivity contribution in [3.05, 3.63) is 16.6 Å². The van der Waals surface area contributed by atoms with Crippen molar-refractivity contribution >= 4 is 15.9 Å². The number of aromatic nitrogens is 2. The summed E-state index contributed by atoms with van der Waals surface area (Å²) in [7, 11) is 0. The SMILES string of the molecule is CC(C)n1cc(CN2CCCC2)nc1Br. The van der Waals surface area contributed by atoms with Crippen LogP contribution in [0.1, 0.15) is 38.4 Å². The van der Waals surface area contributed by atoms with Gasteiger partial charge in [-0.15, -0.1) is 0 Å². The third kappa shape index (κ3) is 2.61. The number of imidazole rings is 1. The van der Waals surface area contributed by atoms with E-state index in [-0.39, 0.29) is 0 Å². The van der Waals surface area contributed by atoms with E-state index in [1.807, 2.05) is 0 Å². The Kier molecular flexibility index (Phi) is 3.46. The molecule has 0 unspecified atom stereocenters. The number of hydrogen-bond donors (Lipinski definition) is 0. The highest BCUT2D eigenvalue weighted by molar-refractivity contribution is 9.10. The van der Waals surface area contributed by atoms with Gasteiger partial charge in [0.1, 0.15) is 0 Å². The molecular formula is C11H18BrN3. The first kappa shape index (κ1) is 11.1. The van der Waals surface area contributed by atoms with Crippen molar-refractivity contribution in [1.29, 1.82) is 0 Å². The van der Waals surface area contributed by atoms with E-state index in [0.29, 0.717) is 6.04 Å². The molecule has 0 aromatic carbocycles. The van der Waals surface area contributed by atoms with Gasteiger partial charge in [0.25, 0.3) is 0 Å². The maximum Gasteiger partial charge on any atom is 0.177 e. The molecular weight excluding hydrogens is 254 g/mol. The zero-order valence-corrected chi connectivity index (χ0v) is 11.0. The lowest BCUT2D eigenvalue weighted by Crippen LogP contribution is -2.18. The normalized spacial score (nSPS) is 17.9. The fourth-order valence-electron chi connectivity index (χ4n) is 2.03. The number of hydrogen-bond acceptors (Lipinski definition) is 2. The van der Waals surface area contributed by atoms with Crippen molar-refractivity contribution in [3.8, 4) is 0 Å². The van der Waals surface area contributed by atoms with E-state index in [1.165, 1.54) is 31.6 Å². The Morgan fingerprint density at radius 2 is 2.07 bits per heavy atom. The highest BCUT2D eigenvalue weighted by Crippen LogP contribution is 2.18. The molecule has 0 atom stereocenters. The van der Waals surface area contributed by atoms with Gasteiger partial charge in [-0.3, -0.25) is 4.90 Å². The second-order valence-corrected chi connectivity index (χ2v) is 5.19. The molecule has 4 heteroatoms. The van der Waals surface area contributed by atoms with E-state index in [4.69, 9.17) is 0 Å². The lowest BCUT2D eigenvalue weighted by molar-refractivity contribution is 0.327. The van der Waals surface area contributed by atoms with E-state index in [0.717, 1.165) is 11.3 Å². The monoisotopic (exact) mass is 271 g/mol. The molecule has 1 saturated heterocycles. The molecule has 0 aliphatic carbocycles. The summed E-state index contributed by atoms with van der Waals surface area (Å²) in [6, 6.07) is 0.471. The zero-order valence-electron chi connectivity index (χ0n) is 9.41. The second kappa shape index (κ2) is 4.66. The van der Waals surface area contributed by atoms with Gasteiger partial charge in [-0.05, 0) is 55.7 Å². The van der Waals surface area contributed by atoms with Gasteiger partial charge in [0.05, 0.1) is 5.69 Å². The minimum atomic E-state index is 0.471. The topological polar surface area (TPSA) is 21.1 Å². The average molecular weight is 272 g/mol. The van der Waals surface area contributed by atoms with Crippen LogP contribution in [-0.4, -0.2) is 27.5 Å². The molecule has 2 heterocycles. The smallest absolute Gasteiger partial charge is 0.177 e. The summed E-state index contributed by atoms with van der Waals surface area (Å²) < 4.78 is 3.12. The first-order valence-electron chi connectivity index (χ1n) is 5.62. The molecule has 0 bridgehead atoms. The molecule has 1 aromatic heterocycles. The average Bonchev–Trinajstić information content (AvgIpc) is 2.75. The van der Waals surface area contributed by atoms with Gasteiger partial charge in [0, 0.05) is 18.8 Å². The summed E-state index contributed by atoms with van der Waals surface area (Å²) in [5.41, 5.74) is 1.18. The minimum absolute atomic E-state index is 0.471. The molecule has 1 aromatic rings. The van der Waals surface area contributed by atoms with Crippen LogP contribution in [-0.2, 0) is 6.54 Å². The molecule has 15 heavy (non-hydrogen) atoms. The zero-order chi connectivity index (χ0) is 10.8. The van der Waals surface area contributed by atoms with Crippen molar-refractivity contribution in [1.82, 2.24) is 14.5 Å². The van der Waals surface area contributed by atoms with Crippen LogP contribution in [0, 0.1) is 0 Å². The third-order valence-corrected chi connectivity index (χ3v) is 3.46. The third-order valence-electron chi connectivity index (χ3n) is 2.88. The maximum absolute atomic E-state index is 4.53. The summed E-state index contributed by atoms with van der Waals surface area (Å²) in [5, 5.41) is 0. The van der Waals surface area contributed by atoms with Gasteiger partial charge in [-0.2, -0.15) is 0 Å². The summed E-state index contributed by atoms with van der Waals surface area (Å²) in [6.07, 6.45) is 4.84. The minimum Gasteiger partial charge on any atom is -0.323 e. The highest BCUT2D eigenvalue weighted by Gasteiger charge is 2.14. The van der Waals surface area contributed by atoms with E-state index in [1.54, 1.807) is 0 Å². The highest BCUT2D eigenvalue weighted by atomic mass is 79.9. The molecule has 1 aliphatic heterocycles. The van der Waals surface area contributed by atoms with Crippen molar-refractivity contribution in [3.63, 3.8) is 0 Å². The Bertz CT molecular complexity index is 327. The van der Waals surface area contributed by atoms with Crippen LogP contribution in [0.3, 0.4) is 0 Å². The first-order chi connectivity index (χ1) is 7.16. The van der Waals surface area contributed by atoms with Gasteiger partial charge in [-0.25, -0.2) is 4.98 Å². The van der Waals surface area contributed by atoms with Crippen molar-refractivity contribution in [2.45, 2.75) is 39.3 Å². The molecule has 1 fully saturated rings. The quantitative estimate of drug-likeness (QED) is 0.843. The van der Waals surface area contributed by atoms with Gasteiger partial charge in [0.15, 0.2) is 4.73 Å². The van der Waals surface area contributed by atoms with E-state index >= 15 is 0 Å². The lowest BCUT2D eigenvalue weighted by atomic mass is 10.4. The molecule has 0 N–H and O–H groups in total. The molecule has 0 spiro atoms. The number of rotatable bonds is 3. The summed E-state index contributed by atoms with van der Waals surface area (Å²) >= 11 is 3.50. The van der Waals surface area contributed by atoms with E-state index in [2.05, 4.69) is 50.4 Å². The molecule has 3 nitrogen and oxygen atoms in total. The van der Waals surface area contributed by atoms with Crippen LogP contribution in [0.25, 0.3) is 0 Å². The molecule has 0 saturated carbocycles. The fourth-order valence-corrected chi connectivity index (χ4v) is 2.77. The standard InChI is InChI=1S/C11H18BrN3/c1-9(2)15-8-10(13-11(15)12)7-14-5-3-4-6-14/h8-9H,3-7H2,1-2H3. The predicted octanol–water partition coefficient (Wildman–Crippen LogP) is 2.82. The molecule has 2 rings (SSSR count). The molecule has 0 radical (unpaired) electrons. The van der Waals surface area contributed by atoms with Crippen LogP contribution < -0.4 is 0 Å². The Labute approximate surface area is 99.6 Å². The lowest BCUT2D eigenvalue weighted by Gasteiger charge is -2.11. The Morgan fingerprint density at radius 1 is 1.40 bits per heavy atom. The Hall–Kier alpha value is -0.350. The van der Waals surface area contributed by atoms with E-state index < -0.39 is 0 Å². The largest absolute Gasteiger partial charge is 0.323 e.